The van der Waals surface area contributed by atoms with Gasteiger partial charge in [-0.05, 0) is 25.1 Å². The summed E-state index contributed by atoms with van der Waals surface area (Å²) < 4.78 is 35.3. The largest absolute Gasteiger partial charge is 0.488 e. The maximum absolute atomic E-state index is 13.4. The van der Waals surface area contributed by atoms with Gasteiger partial charge in [-0.15, -0.1) is 6.58 Å². The minimum absolute atomic E-state index is 0.167. The van der Waals surface area contributed by atoms with Gasteiger partial charge in [-0.1, -0.05) is 6.08 Å². The third kappa shape index (κ3) is 4.61. The van der Waals surface area contributed by atoms with E-state index in [9.17, 15) is 13.4 Å². The van der Waals surface area contributed by atoms with Crippen molar-refractivity contribution < 1.29 is 18.1 Å². The Hall–Kier alpha value is -2.96. The number of nitrogens with one attached hydrogen (secondary N) is 2. The molecular formula is C18H19FN4O3S. The Morgan fingerprint density at radius 1 is 1.56 bits per heavy atom. The van der Waals surface area contributed by atoms with Gasteiger partial charge in [0.1, 0.15) is 34.4 Å². The molecule has 0 spiro atoms. The number of aromatic nitrogens is 1. The molecule has 9 heteroatoms. The van der Waals surface area contributed by atoms with Crippen molar-refractivity contribution in [3.8, 4) is 11.8 Å². The summed E-state index contributed by atoms with van der Waals surface area (Å²) in [7, 11) is 0.173. The lowest BCUT2D eigenvalue weighted by molar-refractivity contribution is 0.101. The van der Waals surface area contributed by atoms with Crippen LogP contribution in [0.2, 0.25) is 0 Å². The zero-order chi connectivity index (χ0) is 20.0. The van der Waals surface area contributed by atoms with Crippen LogP contribution in [-0.2, 0) is 18.0 Å². The number of allylic oxidation sites excluding steroid dienone is 1. The monoisotopic (exact) mass is 390 g/mol. The number of carbonyl (C=O) groups excluding carboxylic acids is 1. The molecular weight excluding hydrogens is 371 g/mol. The molecule has 0 bridgehead atoms. The van der Waals surface area contributed by atoms with E-state index in [0.717, 1.165) is 6.07 Å². The molecule has 142 valence electrons. The highest BCUT2D eigenvalue weighted by atomic mass is 32.2. The van der Waals surface area contributed by atoms with Crippen LogP contribution in [0.3, 0.4) is 0 Å². The van der Waals surface area contributed by atoms with Crippen LogP contribution in [0.4, 0.5) is 10.1 Å². The summed E-state index contributed by atoms with van der Waals surface area (Å²) in [5.74, 6) is -0.915. The van der Waals surface area contributed by atoms with E-state index >= 15 is 0 Å². The van der Waals surface area contributed by atoms with Crippen LogP contribution in [0.25, 0.3) is 0 Å². The predicted octanol–water partition coefficient (Wildman–Crippen LogP) is 2.49. The molecule has 0 saturated heterocycles. The van der Waals surface area contributed by atoms with E-state index in [1.807, 2.05) is 6.92 Å². The van der Waals surface area contributed by atoms with Crippen LogP contribution in [0.5, 0.6) is 5.75 Å². The predicted molar refractivity (Wildman–Crippen MR) is 100 cm³/mol. The lowest BCUT2D eigenvalue weighted by Gasteiger charge is -2.09. The fraction of sp³-hybridized carbons (Fsp3) is 0.222. The Morgan fingerprint density at radius 3 is 2.93 bits per heavy atom. The number of hydrogen-bond donors (Lipinski definition) is 2. The second-order valence-corrected chi connectivity index (χ2v) is 6.73. The van der Waals surface area contributed by atoms with E-state index in [0.29, 0.717) is 11.4 Å². The van der Waals surface area contributed by atoms with Crippen LogP contribution < -0.4 is 14.8 Å². The Labute approximate surface area is 159 Å². The minimum Gasteiger partial charge on any atom is -0.488 e. The fourth-order valence-corrected chi connectivity index (χ4v) is 3.36. The first-order valence-electron chi connectivity index (χ1n) is 7.98. The zero-order valence-electron chi connectivity index (χ0n) is 14.9. The normalized spacial score (nSPS) is 15.1. The molecule has 2 aromatic rings. The Kier molecular flexibility index (Phi) is 6.87. The molecule has 0 aliphatic carbocycles. The number of aryl methyl sites for hydroxylation is 1. The van der Waals surface area contributed by atoms with Gasteiger partial charge in [0.2, 0.25) is 0 Å². The molecule has 1 atom stereocenters. The number of halogens is 1. The van der Waals surface area contributed by atoms with Gasteiger partial charge in [-0.3, -0.25) is 4.79 Å². The molecule has 2 heterocycles. The van der Waals surface area contributed by atoms with Crippen LogP contribution in [0, 0.1) is 17.1 Å². The van der Waals surface area contributed by atoms with Crippen molar-refractivity contribution in [1.29, 1.82) is 5.26 Å². The van der Waals surface area contributed by atoms with Crippen molar-refractivity contribution in [2.75, 3.05) is 18.5 Å². The highest BCUT2D eigenvalue weighted by Gasteiger charge is 2.27. The number of ether oxygens (including phenoxy) is 1. The number of carbonyl (C=O) groups is 1. The van der Waals surface area contributed by atoms with Gasteiger partial charge in [0.05, 0.1) is 5.56 Å². The van der Waals surface area contributed by atoms with Gasteiger partial charge in [-0.2, -0.15) is 5.26 Å². The molecule has 1 aliphatic heterocycles. The lowest BCUT2D eigenvalue weighted by Crippen LogP contribution is -2.20. The molecule has 1 amide bonds. The number of anilines is 1. The number of nitrogens with zero attached hydrogens (tertiary/aromatic N) is 2. The first-order valence-corrected chi connectivity index (χ1v) is 9.13. The number of benzene rings is 1. The lowest BCUT2D eigenvalue weighted by atomic mass is 10.2. The number of rotatable bonds is 2. The first-order chi connectivity index (χ1) is 12.9. The second kappa shape index (κ2) is 9.12. The molecule has 7 nitrogen and oxygen atoms in total. The van der Waals surface area contributed by atoms with Crippen LogP contribution in [-0.4, -0.2) is 27.8 Å². The van der Waals surface area contributed by atoms with Crippen molar-refractivity contribution in [1.82, 2.24) is 9.29 Å². The molecule has 3 rings (SSSR count). The topological polar surface area (TPSA) is 96.2 Å². The summed E-state index contributed by atoms with van der Waals surface area (Å²) in [6.07, 6.45) is 3.31. The average molecular weight is 390 g/mol. The Bertz CT molecular complexity index is 933. The Morgan fingerprint density at radius 2 is 2.26 bits per heavy atom. The van der Waals surface area contributed by atoms with Gasteiger partial charge in [-0.25, -0.2) is 13.3 Å². The van der Waals surface area contributed by atoms with Crippen molar-refractivity contribution in [2.24, 2.45) is 7.05 Å². The maximum atomic E-state index is 13.4. The summed E-state index contributed by atoms with van der Waals surface area (Å²) in [6.45, 7) is 5.92. The van der Waals surface area contributed by atoms with Gasteiger partial charge in [0, 0.05) is 25.5 Å². The van der Waals surface area contributed by atoms with Gasteiger partial charge < -0.3 is 14.6 Å². The molecule has 1 aromatic heterocycles. The third-order valence-electron chi connectivity index (χ3n) is 3.44. The quantitative estimate of drug-likeness (QED) is 0.770. The minimum atomic E-state index is -1.46. The highest BCUT2D eigenvalue weighted by Crippen LogP contribution is 2.30. The summed E-state index contributed by atoms with van der Waals surface area (Å²) in [5, 5.41) is 11.5. The summed E-state index contributed by atoms with van der Waals surface area (Å²) in [4.78, 5) is 12.9. The fourth-order valence-electron chi connectivity index (χ4n) is 2.35. The van der Waals surface area contributed by atoms with Crippen LogP contribution in [0.1, 0.15) is 23.0 Å². The van der Waals surface area contributed by atoms with Crippen molar-refractivity contribution >= 4 is 22.6 Å². The first kappa shape index (κ1) is 20.4. The molecule has 2 N–H and O–H groups in total. The van der Waals surface area contributed by atoms with Crippen LogP contribution in [0.15, 0.2) is 41.9 Å². The number of nitriles is 1. The molecule has 27 heavy (non-hydrogen) atoms. The van der Waals surface area contributed by atoms with E-state index in [1.54, 1.807) is 25.4 Å². The van der Waals surface area contributed by atoms with E-state index in [-0.39, 0.29) is 29.3 Å². The van der Waals surface area contributed by atoms with E-state index < -0.39 is 22.7 Å². The number of hydrogen-bond acceptors (Lipinski definition) is 4. The standard InChI is InChI=1S/C15H13FN4O3S.C3H6/c1-20-8-12-14(23-5-4-18-24(12)22)13(20)15(21)19-10-2-3-11(16)9(6-10)7-17;1-3-2/h2-3,6,8,18H,4-5H2,1H3,(H,19,21);3H,1H2,2H3. The second-order valence-electron chi connectivity index (χ2n) is 5.46. The average Bonchev–Trinajstić information content (AvgIpc) is 2.87. The highest BCUT2D eigenvalue weighted by molar-refractivity contribution is 7.83. The van der Waals surface area contributed by atoms with Crippen molar-refractivity contribution in [2.45, 2.75) is 11.8 Å². The van der Waals surface area contributed by atoms with Crippen molar-refractivity contribution in [3.63, 3.8) is 0 Å². The zero-order valence-corrected chi connectivity index (χ0v) is 15.7. The molecule has 0 saturated carbocycles. The summed E-state index contributed by atoms with van der Waals surface area (Å²) >= 11 is 0. The van der Waals surface area contributed by atoms with E-state index in [2.05, 4.69) is 16.6 Å². The summed E-state index contributed by atoms with van der Waals surface area (Å²) in [5.41, 5.74) is 0.311. The SMILES string of the molecule is C=CC.Cn1cc2c(c1C(=O)Nc1ccc(F)c(C#N)c1)OCCNS2=O. The molecule has 1 aliphatic rings. The summed E-state index contributed by atoms with van der Waals surface area (Å²) in [6, 6.07) is 5.42. The smallest absolute Gasteiger partial charge is 0.276 e. The maximum Gasteiger partial charge on any atom is 0.276 e. The van der Waals surface area contributed by atoms with E-state index in [1.165, 1.54) is 16.7 Å². The number of amides is 1. The van der Waals surface area contributed by atoms with Crippen molar-refractivity contribution in [3.05, 3.63) is 54.1 Å². The van der Waals surface area contributed by atoms with Gasteiger partial charge in [0.15, 0.2) is 11.4 Å². The van der Waals surface area contributed by atoms with Gasteiger partial charge in [0.25, 0.3) is 5.91 Å². The third-order valence-corrected chi connectivity index (χ3v) is 4.60. The molecule has 1 unspecified atom stereocenters. The van der Waals surface area contributed by atoms with Crippen LogP contribution >= 0.6 is 0 Å². The van der Waals surface area contributed by atoms with E-state index in [4.69, 9.17) is 10.00 Å². The number of fused-ring (bicyclic) bond motifs is 1. The molecule has 0 radical (unpaired) electrons. The molecule has 1 aromatic carbocycles. The molecule has 0 fully saturated rings. The Balaban J connectivity index is 0.000000817. The van der Waals surface area contributed by atoms with Gasteiger partial charge >= 0.3 is 0 Å².